The number of nitrogens with one attached hydrogen (secondary N) is 1. The first-order valence-corrected chi connectivity index (χ1v) is 10.1. The van der Waals surface area contributed by atoms with Crippen molar-refractivity contribution in [1.29, 1.82) is 0 Å². The number of nitrogens with zero attached hydrogens (tertiary/aromatic N) is 1. The fourth-order valence-electron chi connectivity index (χ4n) is 3.08. The molecule has 0 aliphatic heterocycles. The maximum Gasteiger partial charge on any atom is 0.220 e. The molecular weight excluding hydrogens is 411 g/mol. The van der Waals surface area contributed by atoms with Gasteiger partial charge < -0.3 is 14.5 Å². The number of halogens is 2. The van der Waals surface area contributed by atoms with E-state index in [4.69, 9.17) is 32.4 Å². The molecule has 29 heavy (non-hydrogen) atoms. The Morgan fingerprint density at radius 1 is 1.24 bits per heavy atom. The second-order valence-electron chi connectivity index (χ2n) is 6.51. The fraction of sp³-hybridized carbons (Fsp3) is 0.273. The van der Waals surface area contributed by atoms with Gasteiger partial charge in [0.1, 0.15) is 5.75 Å². The van der Waals surface area contributed by atoms with Gasteiger partial charge in [-0.1, -0.05) is 48.3 Å². The van der Waals surface area contributed by atoms with E-state index in [0.29, 0.717) is 33.7 Å². The van der Waals surface area contributed by atoms with Gasteiger partial charge in [-0.05, 0) is 30.7 Å². The zero-order chi connectivity index (χ0) is 20.8. The highest BCUT2D eigenvalue weighted by atomic mass is 35.5. The lowest BCUT2D eigenvalue weighted by molar-refractivity contribution is -0.121. The van der Waals surface area contributed by atoms with Crippen molar-refractivity contribution in [3.8, 4) is 17.1 Å². The second kappa shape index (κ2) is 9.81. The number of benzene rings is 2. The molecule has 1 aromatic heterocycles. The molecule has 2 aromatic carbocycles. The Bertz CT molecular complexity index is 988. The van der Waals surface area contributed by atoms with E-state index < -0.39 is 0 Å². The van der Waals surface area contributed by atoms with E-state index in [2.05, 4.69) is 10.3 Å². The third-order valence-electron chi connectivity index (χ3n) is 4.57. The Morgan fingerprint density at radius 2 is 2.03 bits per heavy atom. The van der Waals surface area contributed by atoms with Crippen LogP contribution in [-0.4, -0.2) is 18.0 Å². The first kappa shape index (κ1) is 21.2. The predicted molar refractivity (Wildman–Crippen MR) is 114 cm³/mol. The zero-order valence-corrected chi connectivity index (χ0v) is 17.8. The van der Waals surface area contributed by atoms with E-state index in [9.17, 15) is 4.79 Å². The van der Waals surface area contributed by atoms with Crippen LogP contribution in [0, 0.1) is 0 Å². The van der Waals surface area contributed by atoms with Gasteiger partial charge in [-0.2, -0.15) is 0 Å². The topological polar surface area (TPSA) is 64.4 Å². The third kappa shape index (κ3) is 5.31. The molecule has 1 amide bonds. The highest BCUT2D eigenvalue weighted by Crippen LogP contribution is 2.31. The molecule has 0 aliphatic rings. The molecule has 0 spiro atoms. The molecule has 0 aliphatic carbocycles. The summed E-state index contributed by atoms with van der Waals surface area (Å²) in [5, 5.41) is 4.10. The molecule has 1 heterocycles. The molecule has 1 unspecified atom stereocenters. The molecule has 152 valence electrons. The first-order valence-electron chi connectivity index (χ1n) is 9.34. The number of oxazole rings is 1. The quantitative estimate of drug-likeness (QED) is 0.484. The highest BCUT2D eigenvalue weighted by molar-refractivity contribution is 6.36. The Labute approximate surface area is 180 Å². The summed E-state index contributed by atoms with van der Waals surface area (Å²) in [6, 6.07) is 12.7. The largest absolute Gasteiger partial charge is 0.496 e. The molecule has 0 bridgehead atoms. The Morgan fingerprint density at radius 3 is 2.76 bits per heavy atom. The van der Waals surface area contributed by atoms with E-state index in [0.717, 1.165) is 17.7 Å². The van der Waals surface area contributed by atoms with Crippen molar-refractivity contribution < 1.29 is 13.9 Å². The normalized spacial score (nSPS) is 11.9. The van der Waals surface area contributed by atoms with Gasteiger partial charge in [-0.25, -0.2) is 4.98 Å². The van der Waals surface area contributed by atoms with Crippen molar-refractivity contribution in [2.75, 3.05) is 7.11 Å². The minimum atomic E-state index is -0.119. The van der Waals surface area contributed by atoms with Gasteiger partial charge in [0, 0.05) is 29.0 Å². The van der Waals surface area contributed by atoms with Gasteiger partial charge >= 0.3 is 0 Å². The Balaban J connectivity index is 1.61. The zero-order valence-electron chi connectivity index (χ0n) is 16.2. The molecule has 0 saturated heterocycles. The van der Waals surface area contributed by atoms with Crippen molar-refractivity contribution >= 4 is 29.1 Å². The Hall–Kier alpha value is -2.50. The van der Waals surface area contributed by atoms with Crippen LogP contribution in [0.5, 0.6) is 5.75 Å². The number of aryl methyl sites for hydroxylation is 1. The SMILES string of the molecule is CCC(NC(=O)CCc1ncc(-c2ccc(Cl)cc2Cl)o1)c1ccccc1OC. The number of hydrogen-bond acceptors (Lipinski definition) is 4. The number of amides is 1. The lowest BCUT2D eigenvalue weighted by Crippen LogP contribution is -2.28. The van der Waals surface area contributed by atoms with Crippen molar-refractivity contribution in [3.05, 3.63) is 70.2 Å². The summed E-state index contributed by atoms with van der Waals surface area (Å²) in [5.74, 6) is 1.71. The number of rotatable bonds is 8. The molecule has 7 heteroatoms. The number of carbonyl (C=O) groups excluding carboxylic acids is 1. The van der Waals surface area contributed by atoms with Gasteiger partial charge in [-0.3, -0.25) is 4.79 Å². The maximum atomic E-state index is 12.5. The molecule has 3 aromatic rings. The van der Waals surface area contributed by atoms with Crippen LogP contribution in [0.2, 0.25) is 10.0 Å². The van der Waals surface area contributed by atoms with Crippen LogP contribution < -0.4 is 10.1 Å². The first-order chi connectivity index (χ1) is 14.0. The van der Waals surface area contributed by atoms with E-state index in [-0.39, 0.29) is 18.4 Å². The molecule has 0 fully saturated rings. The van der Waals surface area contributed by atoms with Gasteiger partial charge in [-0.15, -0.1) is 0 Å². The number of carbonyl (C=O) groups is 1. The summed E-state index contributed by atoms with van der Waals surface area (Å²) in [6.07, 6.45) is 3.01. The standard InChI is InChI=1S/C22H22Cl2N2O3/c1-3-18(16-6-4-5-7-19(16)28-2)26-21(27)10-11-22-25-13-20(29-22)15-9-8-14(23)12-17(15)24/h4-9,12-13,18H,3,10-11H2,1-2H3,(H,26,27). The summed E-state index contributed by atoms with van der Waals surface area (Å²) in [7, 11) is 1.63. The number of para-hydroxylation sites is 1. The number of hydrogen-bond donors (Lipinski definition) is 1. The lowest BCUT2D eigenvalue weighted by atomic mass is 10.0. The summed E-state index contributed by atoms with van der Waals surface area (Å²) >= 11 is 12.1. The van der Waals surface area contributed by atoms with E-state index in [1.807, 2.05) is 31.2 Å². The van der Waals surface area contributed by atoms with Crippen LogP contribution in [0.3, 0.4) is 0 Å². The molecule has 5 nitrogen and oxygen atoms in total. The van der Waals surface area contributed by atoms with E-state index in [1.165, 1.54) is 0 Å². The molecule has 3 rings (SSSR count). The summed E-state index contributed by atoms with van der Waals surface area (Å²) in [4.78, 5) is 16.7. The van der Waals surface area contributed by atoms with Gasteiger partial charge in [0.25, 0.3) is 0 Å². The van der Waals surface area contributed by atoms with Crippen molar-refractivity contribution in [1.82, 2.24) is 10.3 Å². The lowest BCUT2D eigenvalue weighted by Gasteiger charge is -2.19. The smallest absolute Gasteiger partial charge is 0.220 e. The molecule has 0 radical (unpaired) electrons. The molecule has 1 atom stereocenters. The number of aromatic nitrogens is 1. The van der Waals surface area contributed by atoms with E-state index >= 15 is 0 Å². The van der Waals surface area contributed by atoms with Crippen molar-refractivity contribution in [2.24, 2.45) is 0 Å². The van der Waals surface area contributed by atoms with E-state index in [1.54, 1.807) is 31.5 Å². The van der Waals surface area contributed by atoms with Crippen LogP contribution in [0.25, 0.3) is 11.3 Å². The summed E-state index contributed by atoms with van der Waals surface area (Å²) in [5.41, 5.74) is 1.67. The maximum absolute atomic E-state index is 12.5. The fourth-order valence-corrected chi connectivity index (χ4v) is 3.58. The number of methoxy groups -OCH3 is 1. The highest BCUT2D eigenvalue weighted by Gasteiger charge is 2.17. The summed E-state index contributed by atoms with van der Waals surface area (Å²) < 4.78 is 11.2. The van der Waals surface area contributed by atoms with Crippen molar-refractivity contribution in [2.45, 2.75) is 32.2 Å². The van der Waals surface area contributed by atoms with Crippen molar-refractivity contribution in [3.63, 3.8) is 0 Å². The van der Waals surface area contributed by atoms with Crippen LogP contribution >= 0.6 is 23.2 Å². The minimum Gasteiger partial charge on any atom is -0.496 e. The monoisotopic (exact) mass is 432 g/mol. The second-order valence-corrected chi connectivity index (χ2v) is 7.36. The van der Waals surface area contributed by atoms with Gasteiger partial charge in [0.2, 0.25) is 5.91 Å². The number of ether oxygens (including phenoxy) is 1. The molecule has 0 saturated carbocycles. The molecular formula is C22H22Cl2N2O3. The van der Waals surface area contributed by atoms with Gasteiger partial charge in [0.05, 0.1) is 24.4 Å². The van der Waals surface area contributed by atoms with Crippen LogP contribution in [0.15, 0.2) is 53.1 Å². The average Bonchev–Trinajstić information content (AvgIpc) is 3.19. The Kier molecular flexibility index (Phi) is 7.18. The summed E-state index contributed by atoms with van der Waals surface area (Å²) in [6.45, 7) is 2.02. The average molecular weight is 433 g/mol. The molecule has 1 N–H and O–H groups in total. The predicted octanol–water partition coefficient (Wildman–Crippen LogP) is 5.86. The van der Waals surface area contributed by atoms with Crippen LogP contribution in [0.1, 0.15) is 37.3 Å². The van der Waals surface area contributed by atoms with Gasteiger partial charge in [0.15, 0.2) is 11.7 Å². The van der Waals surface area contributed by atoms with Crippen LogP contribution in [0.4, 0.5) is 0 Å². The minimum absolute atomic E-state index is 0.0768. The third-order valence-corrected chi connectivity index (χ3v) is 5.12. The van der Waals surface area contributed by atoms with Crippen LogP contribution in [-0.2, 0) is 11.2 Å².